The fourth-order valence-electron chi connectivity index (χ4n) is 1.59. The lowest BCUT2D eigenvalue weighted by Gasteiger charge is -2.07. The summed E-state index contributed by atoms with van der Waals surface area (Å²) < 4.78 is 25.7. The summed E-state index contributed by atoms with van der Waals surface area (Å²) in [5, 5.41) is 0. The molecule has 15 heavy (non-hydrogen) atoms. The van der Waals surface area contributed by atoms with Crippen molar-refractivity contribution in [1.29, 1.82) is 0 Å². The monoisotopic (exact) mass is 217 g/mol. The van der Waals surface area contributed by atoms with E-state index in [0.717, 1.165) is 5.56 Å². The fraction of sp³-hybridized carbons (Fsp3) is 0.500. The van der Waals surface area contributed by atoms with Crippen molar-refractivity contribution in [2.24, 2.45) is 0 Å². The number of hydrogen-bond acceptors (Lipinski definition) is 0. The molecule has 0 radical (unpaired) electrons. The lowest BCUT2D eigenvalue weighted by molar-refractivity contribution is -0.682. The van der Waals surface area contributed by atoms with E-state index in [9.17, 15) is 8.63 Å². The van der Waals surface area contributed by atoms with Crippen LogP contribution in [0.3, 0.4) is 0 Å². The van der Waals surface area contributed by atoms with Crippen LogP contribution in [0.4, 0.5) is 8.63 Å². The summed E-state index contributed by atoms with van der Waals surface area (Å²) in [4.78, 5) is 0. The van der Waals surface area contributed by atoms with Gasteiger partial charge in [0.25, 0.3) is 0 Å². The molecular weight excluding hydrogens is 202 g/mol. The Kier molecular flexibility index (Phi) is 5.40. The Hall–Kier alpha value is -0.995. The smallest absolute Gasteiger partial charge is 0.604 e. The Morgan fingerprint density at radius 1 is 1.40 bits per heavy atom. The molecule has 0 aliphatic rings. The molecule has 1 aromatic heterocycles. The first-order chi connectivity index (χ1) is 6.50. The molecule has 0 unspecified atom stereocenters. The van der Waals surface area contributed by atoms with E-state index in [0.29, 0.717) is 5.92 Å². The number of nitrogens with zero attached hydrogens (tertiary/aromatic N) is 1. The molecule has 0 aliphatic carbocycles. The van der Waals surface area contributed by atoms with E-state index in [-0.39, 0.29) is 11.1 Å². The number of aryl methyl sites for hydroxylation is 1. The molecule has 1 rings (SSSR count). The van der Waals surface area contributed by atoms with Gasteiger partial charge in [-0.3, -0.25) is 8.63 Å². The Morgan fingerprint density at radius 3 is 2.40 bits per heavy atom. The zero-order valence-electron chi connectivity index (χ0n) is 9.17. The van der Waals surface area contributed by atoms with Crippen molar-refractivity contribution in [2.45, 2.75) is 33.1 Å². The molecule has 0 amide bonds. The van der Waals surface area contributed by atoms with E-state index in [4.69, 9.17) is 0 Å². The standard InChI is InChI=1S/C10H15BF2N.FH/c1-8(2)10-4-5-14(6-9(10)3)7-11(12)13;/h4-6,8H,7H2,1-3H3;1H/q+1;/p-1. The third-order valence-corrected chi connectivity index (χ3v) is 2.23. The van der Waals surface area contributed by atoms with Crippen molar-refractivity contribution in [3.63, 3.8) is 0 Å². The second kappa shape index (κ2) is 5.78. The summed E-state index contributed by atoms with van der Waals surface area (Å²) >= 11 is 0. The quantitative estimate of drug-likeness (QED) is 0.469. The molecule has 0 atom stereocenters. The van der Waals surface area contributed by atoms with Gasteiger partial charge in [0, 0.05) is 11.6 Å². The molecule has 0 spiro atoms. The molecule has 0 saturated heterocycles. The van der Waals surface area contributed by atoms with Gasteiger partial charge in [0.05, 0.1) is 0 Å². The zero-order chi connectivity index (χ0) is 10.7. The van der Waals surface area contributed by atoms with E-state index >= 15 is 0 Å². The minimum Gasteiger partial charge on any atom is -1.00 e. The highest BCUT2D eigenvalue weighted by Gasteiger charge is 2.20. The van der Waals surface area contributed by atoms with Crippen LogP contribution in [0.5, 0.6) is 0 Å². The number of rotatable bonds is 3. The molecule has 1 aromatic rings. The second-order valence-electron chi connectivity index (χ2n) is 3.83. The van der Waals surface area contributed by atoms with Crippen molar-refractivity contribution in [1.82, 2.24) is 0 Å². The highest BCUT2D eigenvalue weighted by atomic mass is 19.2. The lowest BCUT2D eigenvalue weighted by atomic mass is 9.97. The number of pyridine rings is 1. The first-order valence-corrected chi connectivity index (χ1v) is 4.78. The average Bonchev–Trinajstić information content (AvgIpc) is 2.01. The van der Waals surface area contributed by atoms with Crippen molar-refractivity contribution in [3.05, 3.63) is 29.6 Å². The molecule has 0 bridgehead atoms. The normalized spacial score (nSPS) is 10.0. The second-order valence-corrected chi connectivity index (χ2v) is 3.83. The van der Waals surface area contributed by atoms with Gasteiger partial charge in [-0.05, 0) is 18.4 Å². The van der Waals surface area contributed by atoms with E-state index in [1.54, 1.807) is 12.4 Å². The summed E-state index contributed by atoms with van der Waals surface area (Å²) in [6.07, 6.45) is 3.27. The van der Waals surface area contributed by atoms with Gasteiger partial charge in [-0.1, -0.05) is 13.8 Å². The van der Waals surface area contributed by atoms with Gasteiger partial charge < -0.3 is 4.70 Å². The maximum Gasteiger partial charge on any atom is 0.604 e. The van der Waals surface area contributed by atoms with E-state index < -0.39 is 7.27 Å². The molecular formula is C10H15BF3N. The Morgan fingerprint density at radius 2 is 2.00 bits per heavy atom. The molecule has 84 valence electrons. The first-order valence-electron chi connectivity index (χ1n) is 4.78. The summed E-state index contributed by atoms with van der Waals surface area (Å²) in [5.41, 5.74) is 2.29. The van der Waals surface area contributed by atoms with Gasteiger partial charge in [-0.25, -0.2) is 4.57 Å². The summed E-state index contributed by atoms with van der Waals surface area (Å²) in [6, 6.07) is 1.92. The minimum absolute atomic E-state index is 0. The molecule has 1 nitrogen and oxygen atoms in total. The molecule has 0 N–H and O–H groups in total. The number of halogens is 3. The van der Waals surface area contributed by atoms with Crippen molar-refractivity contribution in [3.8, 4) is 0 Å². The topological polar surface area (TPSA) is 3.88 Å². The summed E-state index contributed by atoms with van der Waals surface area (Å²) in [5.74, 6) is 0.441. The van der Waals surface area contributed by atoms with E-state index in [2.05, 4.69) is 13.8 Å². The van der Waals surface area contributed by atoms with Crippen molar-refractivity contribution in [2.75, 3.05) is 0 Å². The Balaban J connectivity index is 0.00000196. The van der Waals surface area contributed by atoms with Crippen LogP contribution < -0.4 is 9.27 Å². The molecule has 5 heteroatoms. The van der Waals surface area contributed by atoms with Crippen molar-refractivity contribution >= 4 is 7.27 Å². The number of hydrogen-bond donors (Lipinski definition) is 0. The van der Waals surface area contributed by atoms with Crippen LogP contribution in [0.15, 0.2) is 18.5 Å². The largest absolute Gasteiger partial charge is 1.00 e. The van der Waals surface area contributed by atoms with Crippen LogP contribution in [0.2, 0.25) is 0 Å². The lowest BCUT2D eigenvalue weighted by Crippen LogP contribution is -3.00. The van der Waals surface area contributed by atoms with Crippen LogP contribution in [0.25, 0.3) is 0 Å². The zero-order valence-corrected chi connectivity index (χ0v) is 9.17. The van der Waals surface area contributed by atoms with Crippen LogP contribution >= 0.6 is 0 Å². The van der Waals surface area contributed by atoms with Gasteiger partial charge in [-0.2, -0.15) is 0 Å². The molecule has 1 heterocycles. The van der Waals surface area contributed by atoms with Gasteiger partial charge in [0.2, 0.25) is 0 Å². The predicted octanol–water partition coefficient (Wildman–Crippen LogP) is -0.624. The van der Waals surface area contributed by atoms with E-state index in [1.165, 1.54) is 10.1 Å². The highest BCUT2D eigenvalue weighted by molar-refractivity contribution is 6.40. The summed E-state index contributed by atoms with van der Waals surface area (Å²) in [7, 11) is -2.29. The Bertz CT molecular complexity index is 316. The van der Waals surface area contributed by atoms with E-state index in [1.807, 2.05) is 13.0 Å². The molecule has 0 saturated carbocycles. The van der Waals surface area contributed by atoms with Crippen LogP contribution in [0, 0.1) is 6.92 Å². The molecule has 0 aromatic carbocycles. The highest BCUT2D eigenvalue weighted by Crippen LogP contribution is 2.16. The minimum atomic E-state index is -2.29. The van der Waals surface area contributed by atoms with Crippen LogP contribution in [0.1, 0.15) is 30.9 Å². The van der Waals surface area contributed by atoms with Gasteiger partial charge >= 0.3 is 7.27 Å². The van der Waals surface area contributed by atoms with Gasteiger partial charge in [0.15, 0.2) is 18.8 Å². The number of aromatic nitrogens is 1. The van der Waals surface area contributed by atoms with Crippen LogP contribution in [-0.2, 0) is 6.44 Å². The maximum absolute atomic E-state index is 12.1. The predicted molar refractivity (Wildman–Crippen MR) is 53.4 cm³/mol. The first kappa shape index (κ1) is 14.0. The third kappa shape index (κ3) is 3.94. The average molecular weight is 217 g/mol. The van der Waals surface area contributed by atoms with Crippen molar-refractivity contribution < 1.29 is 17.9 Å². The molecule has 0 aliphatic heterocycles. The Labute approximate surface area is 88.7 Å². The van der Waals surface area contributed by atoms with Gasteiger partial charge in [-0.15, -0.1) is 0 Å². The fourth-order valence-corrected chi connectivity index (χ4v) is 1.59. The summed E-state index contributed by atoms with van der Waals surface area (Å²) in [6.45, 7) is 6.15. The maximum atomic E-state index is 12.1. The SMILES string of the molecule is Cc1c[n+](CB(F)F)ccc1C(C)C.[F-]. The van der Waals surface area contributed by atoms with Crippen LogP contribution in [-0.4, -0.2) is 7.27 Å². The molecule has 0 fully saturated rings. The third-order valence-electron chi connectivity index (χ3n) is 2.23. The van der Waals surface area contributed by atoms with Gasteiger partial charge in [0.1, 0.15) is 0 Å².